The molecule has 3 heterocycles. The Bertz CT molecular complexity index is 1070. The highest BCUT2D eigenvalue weighted by Gasteiger charge is 2.37. The SMILES string of the molecule is C[C@@H]1CN(C(=O)c2nn(CC(=O)N3CCC(F)(Cc4ccccc4)CC3)c3c2CCC3)C[C@H](C)O1. The number of hydrogen-bond donors (Lipinski definition) is 0. The molecule has 0 radical (unpaired) electrons. The molecule has 2 saturated heterocycles. The van der Waals surface area contributed by atoms with Crippen molar-refractivity contribution in [3.8, 4) is 0 Å². The highest BCUT2D eigenvalue weighted by atomic mass is 19.1. The Kier molecular flexibility index (Phi) is 6.66. The van der Waals surface area contributed by atoms with Crippen molar-refractivity contribution in [2.75, 3.05) is 26.2 Å². The maximum Gasteiger partial charge on any atom is 0.274 e. The van der Waals surface area contributed by atoms with Gasteiger partial charge in [-0.1, -0.05) is 30.3 Å². The van der Waals surface area contributed by atoms with E-state index in [1.165, 1.54) is 0 Å². The summed E-state index contributed by atoms with van der Waals surface area (Å²) in [4.78, 5) is 30.0. The van der Waals surface area contributed by atoms with Crippen molar-refractivity contribution in [1.29, 1.82) is 0 Å². The highest BCUT2D eigenvalue weighted by Crippen LogP contribution is 2.31. The molecule has 0 unspecified atom stereocenters. The second kappa shape index (κ2) is 9.72. The number of piperidine rings is 1. The van der Waals surface area contributed by atoms with Crippen LogP contribution in [-0.2, 0) is 35.3 Å². The van der Waals surface area contributed by atoms with Gasteiger partial charge in [-0.05, 0) is 51.5 Å². The van der Waals surface area contributed by atoms with Crippen LogP contribution in [0.4, 0.5) is 4.39 Å². The molecule has 2 aliphatic heterocycles. The van der Waals surface area contributed by atoms with E-state index >= 15 is 4.39 Å². The number of amides is 2. The van der Waals surface area contributed by atoms with Gasteiger partial charge >= 0.3 is 0 Å². The summed E-state index contributed by atoms with van der Waals surface area (Å²) in [5.41, 5.74) is 2.17. The summed E-state index contributed by atoms with van der Waals surface area (Å²) in [5, 5.41) is 4.64. The van der Waals surface area contributed by atoms with E-state index in [1.807, 2.05) is 49.1 Å². The lowest BCUT2D eigenvalue weighted by atomic mass is 9.87. The molecule has 8 heteroatoms. The van der Waals surface area contributed by atoms with Gasteiger partial charge in [0.15, 0.2) is 5.69 Å². The van der Waals surface area contributed by atoms with Gasteiger partial charge in [-0.15, -0.1) is 0 Å². The first-order valence-corrected chi connectivity index (χ1v) is 12.9. The zero-order chi connectivity index (χ0) is 24.6. The van der Waals surface area contributed by atoms with E-state index in [4.69, 9.17) is 4.74 Å². The van der Waals surface area contributed by atoms with Gasteiger partial charge in [-0.3, -0.25) is 14.3 Å². The molecule has 0 N–H and O–H groups in total. The van der Waals surface area contributed by atoms with E-state index in [0.29, 0.717) is 51.1 Å². The summed E-state index contributed by atoms with van der Waals surface area (Å²) in [5.74, 6) is -0.131. The topological polar surface area (TPSA) is 67.7 Å². The average Bonchev–Trinajstić information content (AvgIpc) is 3.43. The van der Waals surface area contributed by atoms with Gasteiger partial charge in [0.2, 0.25) is 5.91 Å². The van der Waals surface area contributed by atoms with Crippen molar-refractivity contribution in [3.05, 3.63) is 52.8 Å². The molecular weight excluding hydrogens is 447 g/mol. The van der Waals surface area contributed by atoms with Crippen LogP contribution in [0.15, 0.2) is 30.3 Å². The van der Waals surface area contributed by atoms with Crippen molar-refractivity contribution in [2.24, 2.45) is 0 Å². The molecule has 2 amide bonds. The van der Waals surface area contributed by atoms with Crippen molar-refractivity contribution in [2.45, 2.75) is 76.8 Å². The number of benzene rings is 1. The van der Waals surface area contributed by atoms with Crippen LogP contribution in [0.2, 0.25) is 0 Å². The summed E-state index contributed by atoms with van der Waals surface area (Å²) in [6.45, 7) is 5.95. The summed E-state index contributed by atoms with van der Waals surface area (Å²) >= 11 is 0. The number of hydrogen-bond acceptors (Lipinski definition) is 4. The zero-order valence-electron chi connectivity index (χ0n) is 20.7. The molecule has 3 aliphatic rings. The number of carbonyl (C=O) groups excluding carboxylic acids is 2. The maximum atomic E-state index is 15.4. The molecular formula is C27H35FN4O3. The van der Waals surface area contributed by atoms with Crippen molar-refractivity contribution in [3.63, 3.8) is 0 Å². The number of aromatic nitrogens is 2. The third-order valence-electron chi connectivity index (χ3n) is 7.58. The van der Waals surface area contributed by atoms with E-state index in [-0.39, 0.29) is 30.6 Å². The van der Waals surface area contributed by atoms with Gasteiger partial charge in [-0.2, -0.15) is 5.10 Å². The quantitative estimate of drug-likeness (QED) is 0.657. The second-order valence-corrected chi connectivity index (χ2v) is 10.4. The number of carbonyl (C=O) groups is 2. The first-order valence-electron chi connectivity index (χ1n) is 12.9. The van der Waals surface area contributed by atoms with Crippen LogP contribution in [0, 0.1) is 0 Å². The minimum absolute atomic E-state index is 0.0111. The fourth-order valence-corrected chi connectivity index (χ4v) is 5.83. The average molecular weight is 483 g/mol. The number of fused-ring (bicyclic) bond motifs is 1. The predicted octanol–water partition coefficient (Wildman–Crippen LogP) is 3.19. The first-order chi connectivity index (χ1) is 16.8. The molecule has 0 bridgehead atoms. The number of ether oxygens (including phenoxy) is 1. The Hall–Kier alpha value is -2.74. The molecule has 0 spiro atoms. The third-order valence-corrected chi connectivity index (χ3v) is 7.58. The third kappa shape index (κ3) is 5.13. The van der Waals surface area contributed by atoms with Crippen LogP contribution >= 0.6 is 0 Å². The molecule has 2 atom stereocenters. The van der Waals surface area contributed by atoms with Gasteiger partial charge in [-0.25, -0.2) is 4.39 Å². The van der Waals surface area contributed by atoms with Crippen LogP contribution in [0.5, 0.6) is 0 Å². The lowest BCUT2D eigenvalue weighted by Gasteiger charge is -2.36. The van der Waals surface area contributed by atoms with Gasteiger partial charge < -0.3 is 14.5 Å². The van der Waals surface area contributed by atoms with Crippen molar-refractivity contribution >= 4 is 11.8 Å². The molecule has 188 valence electrons. The molecule has 1 aliphatic carbocycles. The molecule has 5 rings (SSSR count). The molecule has 1 aromatic carbocycles. The van der Waals surface area contributed by atoms with E-state index in [0.717, 1.165) is 36.1 Å². The maximum absolute atomic E-state index is 15.4. The summed E-state index contributed by atoms with van der Waals surface area (Å²) in [7, 11) is 0. The van der Waals surface area contributed by atoms with Crippen LogP contribution in [0.1, 0.15) is 60.4 Å². The van der Waals surface area contributed by atoms with Crippen LogP contribution < -0.4 is 0 Å². The lowest BCUT2D eigenvalue weighted by Crippen LogP contribution is -2.48. The molecule has 35 heavy (non-hydrogen) atoms. The first kappa shape index (κ1) is 24.0. The predicted molar refractivity (Wildman–Crippen MR) is 130 cm³/mol. The molecule has 7 nitrogen and oxygen atoms in total. The summed E-state index contributed by atoms with van der Waals surface area (Å²) in [6.07, 6.45) is 3.63. The van der Waals surface area contributed by atoms with Crippen LogP contribution in [-0.4, -0.2) is 75.5 Å². The van der Waals surface area contributed by atoms with Gasteiger partial charge in [0, 0.05) is 43.9 Å². The summed E-state index contributed by atoms with van der Waals surface area (Å²) < 4.78 is 22.9. The molecule has 2 aromatic rings. The van der Waals surface area contributed by atoms with E-state index < -0.39 is 5.67 Å². The summed E-state index contributed by atoms with van der Waals surface area (Å²) in [6, 6.07) is 9.70. The lowest BCUT2D eigenvalue weighted by molar-refractivity contribution is -0.134. The van der Waals surface area contributed by atoms with Crippen LogP contribution in [0.25, 0.3) is 0 Å². The van der Waals surface area contributed by atoms with Crippen LogP contribution in [0.3, 0.4) is 0 Å². The number of likely N-dealkylation sites (tertiary alicyclic amines) is 1. The Labute approximate surface area is 206 Å². The Morgan fingerprint density at radius 3 is 2.43 bits per heavy atom. The number of alkyl halides is 1. The molecule has 2 fully saturated rings. The van der Waals surface area contributed by atoms with E-state index in [2.05, 4.69) is 5.10 Å². The fraction of sp³-hybridized carbons (Fsp3) is 0.593. The highest BCUT2D eigenvalue weighted by molar-refractivity contribution is 5.94. The largest absolute Gasteiger partial charge is 0.372 e. The van der Waals surface area contributed by atoms with Gasteiger partial charge in [0.25, 0.3) is 5.91 Å². The monoisotopic (exact) mass is 482 g/mol. The van der Waals surface area contributed by atoms with Gasteiger partial charge in [0.05, 0.1) is 12.2 Å². The van der Waals surface area contributed by atoms with Gasteiger partial charge in [0.1, 0.15) is 12.2 Å². The minimum Gasteiger partial charge on any atom is -0.372 e. The molecule has 0 saturated carbocycles. The van der Waals surface area contributed by atoms with Crippen molar-refractivity contribution < 1.29 is 18.7 Å². The minimum atomic E-state index is -1.28. The van der Waals surface area contributed by atoms with E-state index in [9.17, 15) is 9.59 Å². The number of nitrogens with zero attached hydrogens (tertiary/aromatic N) is 4. The van der Waals surface area contributed by atoms with Crippen molar-refractivity contribution in [1.82, 2.24) is 19.6 Å². The number of rotatable bonds is 5. The Balaban J connectivity index is 1.24. The second-order valence-electron chi connectivity index (χ2n) is 10.4. The Morgan fingerprint density at radius 2 is 1.74 bits per heavy atom. The number of morpholine rings is 1. The number of halogens is 1. The zero-order valence-corrected chi connectivity index (χ0v) is 20.7. The fourth-order valence-electron chi connectivity index (χ4n) is 5.83. The Morgan fingerprint density at radius 1 is 1.06 bits per heavy atom. The standard InChI is InChI=1S/C27H35FN4O3/c1-19-16-31(17-20(2)35-19)26(34)25-22-9-6-10-23(22)32(29-25)18-24(33)30-13-11-27(28,12-14-30)15-21-7-4-3-5-8-21/h3-5,7-8,19-20H,6,9-18H2,1-2H3/t19-,20+. The molecule has 1 aromatic heterocycles. The van der Waals surface area contributed by atoms with E-state index in [1.54, 1.807) is 9.58 Å². The smallest absolute Gasteiger partial charge is 0.274 e. The normalized spacial score (nSPS) is 23.9.